The SMILES string of the molecule is Cc1ccc(C#N)c(Cl)c1.N#Cc1ccc(CBr)cc1Cl. The first kappa shape index (κ1) is 17.5. The second-order valence-electron chi connectivity index (χ2n) is 4.15. The minimum absolute atomic E-state index is 0.518. The van der Waals surface area contributed by atoms with E-state index in [0.717, 1.165) is 16.5 Å². The Bertz CT molecular complexity index is 715. The number of nitriles is 2. The van der Waals surface area contributed by atoms with Crippen molar-refractivity contribution in [1.29, 1.82) is 10.5 Å². The minimum atomic E-state index is 0.518. The highest BCUT2D eigenvalue weighted by atomic mass is 79.9. The van der Waals surface area contributed by atoms with E-state index in [2.05, 4.69) is 15.9 Å². The van der Waals surface area contributed by atoms with Gasteiger partial charge < -0.3 is 0 Å². The van der Waals surface area contributed by atoms with Crippen LogP contribution in [0.5, 0.6) is 0 Å². The average molecular weight is 382 g/mol. The molecule has 0 saturated carbocycles. The molecule has 0 N–H and O–H groups in total. The van der Waals surface area contributed by atoms with Crippen LogP contribution < -0.4 is 0 Å². The van der Waals surface area contributed by atoms with Gasteiger partial charge in [-0.05, 0) is 42.3 Å². The van der Waals surface area contributed by atoms with Gasteiger partial charge in [-0.3, -0.25) is 0 Å². The van der Waals surface area contributed by atoms with Gasteiger partial charge in [0, 0.05) is 5.33 Å². The molecule has 0 amide bonds. The van der Waals surface area contributed by atoms with Crippen LogP contribution >= 0.6 is 39.1 Å². The summed E-state index contributed by atoms with van der Waals surface area (Å²) in [6, 6.07) is 14.7. The van der Waals surface area contributed by atoms with E-state index in [0.29, 0.717) is 21.2 Å². The molecule has 0 aliphatic rings. The number of rotatable bonds is 1. The maximum absolute atomic E-state index is 8.54. The van der Waals surface area contributed by atoms with E-state index in [4.69, 9.17) is 33.7 Å². The van der Waals surface area contributed by atoms with Gasteiger partial charge >= 0.3 is 0 Å². The fourth-order valence-electron chi connectivity index (χ4n) is 1.44. The highest BCUT2D eigenvalue weighted by Gasteiger charge is 1.98. The van der Waals surface area contributed by atoms with E-state index in [9.17, 15) is 0 Å². The largest absolute Gasteiger partial charge is 0.192 e. The van der Waals surface area contributed by atoms with Crippen molar-refractivity contribution in [3.63, 3.8) is 0 Å². The van der Waals surface area contributed by atoms with Crippen molar-refractivity contribution >= 4 is 39.1 Å². The lowest BCUT2D eigenvalue weighted by molar-refractivity contribution is 1.41. The van der Waals surface area contributed by atoms with Crippen molar-refractivity contribution in [3.8, 4) is 12.1 Å². The van der Waals surface area contributed by atoms with Crippen LogP contribution in [0.1, 0.15) is 22.3 Å². The van der Waals surface area contributed by atoms with Gasteiger partial charge in [-0.15, -0.1) is 0 Å². The zero-order chi connectivity index (χ0) is 15.8. The molecule has 0 aliphatic carbocycles. The molecule has 2 rings (SSSR count). The summed E-state index contributed by atoms with van der Waals surface area (Å²) >= 11 is 14.8. The number of aryl methyl sites for hydroxylation is 1. The van der Waals surface area contributed by atoms with Gasteiger partial charge in [0.15, 0.2) is 0 Å². The number of nitrogens with zero attached hydrogens (tertiary/aromatic N) is 2. The van der Waals surface area contributed by atoms with Crippen molar-refractivity contribution in [3.05, 3.63) is 68.7 Å². The van der Waals surface area contributed by atoms with E-state index in [-0.39, 0.29) is 0 Å². The summed E-state index contributed by atoms with van der Waals surface area (Å²) in [4.78, 5) is 0. The van der Waals surface area contributed by atoms with Gasteiger partial charge in [0.1, 0.15) is 12.1 Å². The van der Waals surface area contributed by atoms with E-state index >= 15 is 0 Å². The first-order chi connectivity index (χ1) is 10.0. The molecule has 21 heavy (non-hydrogen) atoms. The van der Waals surface area contributed by atoms with Gasteiger partial charge in [0.25, 0.3) is 0 Å². The van der Waals surface area contributed by atoms with Crippen LogP contribution in [0.25, 0.3) is 0 Å². The van der Waals surface area contributed by atoms with Gasteiger partial charge in [0.2, 0.25) is 0 Å². The van der Waals surface area contributed by atoms with Crippen LogP contribution in [0.3, 0.4) is 0 Å². The predicted octanol–water partition coefficient (Wildman–Crippen LogP) is 5.63. The molecule has 5 heteroatoms. The fourth-order valence-corrected chi connectivity index (χ4v) is 2.31. The molecule has 0 fully saturated rings. The smallest absolute Gasteiger partial charge is 0.101 e. The van der Waals surface area contributed by atoms with Crippen LogP contribution in [-0.4, -0.2) is 0 Å². The lowest BCUT2D eigenvalue weighted by Crippen LogP contribution is -1.80. The number of halogens is 3. The Kier molecular flexibility index (Phi) is 7.26. The summed E-state index contributed by atoms with van der Waals surface area (Å²) in [5.74, 6) is 0. The second kappa shape index (κ2) is 8.70. The van der Waals surface area contributed by atoms with Crippen LogP contribution in [-0.2, 0) is 5.33 Å². The molecule has 2 aromatic rings. The molecule has 2 aromatic carbocycles. The first-order valence-corrected chi connectivity index (χ1v) is 7.80. The van der Waals surface area contributed by atoms with Crippen molar-refractivity contribution in [2.24, 2.45) is 0 Å². The first-order valence-electron chi connectivity index (χ1n) is 5.92. The molecule has 0 aromatic heterocycles. The lowest BCUT2D eigenvalue weighted by Gasteiger charge is -1.96. The Morgan fingerprint density at radius 2 is 1.48 bits per heavy atom. The Morgan fingerprint density at radius 1 is 0.952 bits per heavy atom. The maximum Gasteiger partial charge on any atom is 0.101 e. The third-order valence-electron chi connectivity index (χ3n) is 2.55. The van der Waals surface area contributed by atoms with Crippen LogP contribution in [0.4, 0.5) is 0 Å². The predicted molar refractivity (Wildman–Crippen MR) is 89.7 cm³/mol. The maximum atomic E-state index is 8.54. The van der Waals surface area contributed by atoms with E-state index < -0.39 is 0 Å². The van der Waals surface area contributed by atoms with Crippen LogP contribution in [0.15, 0.2) is 36.4 Å². The Hall–Kier alpha value is -1.52. The summed E-state index contributed by atoms with van der Waals surface area (Å²) in [7, 11) is 0. The van der Waals surface area contributed by atoms with Crippen LogP contribution in [0, 0.1) is 29.6 Å². The molecular weight excluding hydrogens is 371 g/mol. The Morgan fingerprint density at radius 3 is 1.90 bits per heavy atom. The molecule has 0 heterocycles. The molecule has 0 unspecified atom stereocenters. The Balaban J connectivity index is 0.000000211. The molecule has 0 saturated heterocycles. The summed E-state index contributed by atoms with van der Waals surface area (Å²) < 4.78 is 0. The van der Waals surface area contributed by atoms with Gasteiger partial charge in [-0.1, -0.05) is 51.3 Å². The molecule has 0 aliphatic heterocycles. The van der Waals surface area contributed by atoms with Crippen molar-refractivity contribution in [2.75, 3.05) is 0 Å². The molecular formula is C16H11BrCl2N2. The van der Waals surface area contributed by atoms with E-state index in [1.807, 2.05) is 31.2 Å². The van der Waals surface area contributed by atoms with Crippen molar-refractivity contribution < 1.29 is 0 Å². The molecule has 0 radical (unpaired) electrons. The number of hydrogen-bond donors (Lipinski definition) is 0. The minimum Gasteiger partial charge on any atom is -0.192 e. The van der Waals surface area contributed by atoms with Crippen molar-refractivity contribution in [2.45, 2.75) is 12.3 Å². The summed E-state index contributed by atoms with van der Waals surface area (Å²) in [6.45, 7) is 1.94. The molecule has 2 nitrogen and oxygen atoms in total. The fraction of sp³-hybridized carbons (Fsp3) is 0.125. The Labute approximate surface area is 142 Å². The number of hydrogen-bond acceptors (Lipinski definition) is 2. The third kappa shape index (κ3) is 5.40. The van der Waals surface area contributed by atoms with E-state index in [1.165, 1.54) is 0 Å². The quantitative estimate of drug-likeness (QED) is 0.601. The summed E-state index contributed by atoms with van der Waals surface area (Å²) in [5, 5.41) is 18.8. The summed E-state index contributed by atoms with van der Waals surface area (Å²) in [6.07, 6.45) is 0. The standard InChI is InChI=1S/C8H5BrClN.C8H6ClN/c9-4-6-1-2-7(5-11)8(10)3-6;1-6-2-3-7(5-10)8(9)4-6/h1-3H,4H2;2-4H,1H3. The lowest BCUT2D eigenvalue weighted by atomic mass is 10.2. The van der Waals surface area contributed by atoms with Gasteiger partial charge in [0.05, 0.1) is 21.2 Å². The molecule has 0 atom stereocenters. The zero-order valence-electron chi connectivity index (χ0n) is 11.2. The highest BCUT2D eigenvalue weighted by molar-refractivity contribution is 9.08. The summed E-state index contributed by atoms with van der Waals surface area (Å²) in [5.41, 5.74) is 3.21. The van der Waals surface area contributed by atoms with Gasteiger partial charge in [-0.25, -0.2) is 0 Å². The zero-order valence-corrected chi connectivity index (χ0v) is 14.3. The topological polar surface area (TPSA) is 47.6 Å². The van der Waals surface area contributed by atoms with Crippen molar-refractivity contribution in [1.82, 2.24) is 0 Å². The van der Waals surface area contributed by atoms with Gasteiger partial charge in [-0.2, -0.15) is 10.5 Å². The molecule has 106 valence electrons. The van der Waals surface area contributed by atoms with E-state index in [1.54, 1.807) is 24.3 Å². The molecule has 0 bridgehead atoms. The second-order valence-corrected chi connectivity index (χ2v) is 5.53. The number of alkyl halides is 1. The number of benzene rings is 2. The average Bonchev–Trinajstić information content (AvgIpc) is 2.48. The third-order valence-corrected chi connectivity index (χ3v) is 3.83. The highest BCUT2D eigenvalue weighted by Crippen LogP contribution is 2.18. The normalized spacial score (nSPS) is 9.05. The monoisotopic (exact) mass is 380 g/mol. The molecule has 0 spiro atoms. The van der Waals surface area contributed by atoms with Crippen LogP contribution in [0.2, 0.25) is 10.0 Å².